The van der Waals surface area contributed by atoms with E-state index in [4.69, 9.17) is 9.26 Å². The van der Waals surface area contributed by atoms with Crippen LogP contribution in [0, 0.1) is 12.8 Å². The summed E-state index contributed by atoms with van der Waals surface area (Å²) in [5.74, 6) is 3.33. The van der Waals surface area contributed by atoms with Crippen LogP contribution in [0.2, 0.25) is 0 Å². The van der Waals surface area contributed by atoms with E-state index in [0.29, 0.717) is 24.2 Å². The fourth-order valence-electron chi connectivity index (χ4n) is 2.72. The second kappa shape index (κ2) is 9.23. The first-order valence-electron chi connectivity index (χ1n) is 9.57. The number of aryl methyl sites for hydroxylation is 2. The molecule has 150 valence electrons. The van der Waals surface area contributed by atoms with Gasteiger partial charge in [-0.3, -0.25) is 0 Å². The van der Waals surface area contributed by atoms with E-state index in [9.17, 15) is 0 Å². The standard InChI is InChI=1S/C20H27N5O2S/c1-6-16-7-9-17(10-8-16)26-12-18-22-23-20(25(18)11-13(2)3)28-14(4)19-21-15(5)24-27-19/h7-10,13-14H,6,11-12H2,1-5H3. The molecule has 1 atom stereocenters. The molecule has 0 amide bonds. The number of rotatable bonds is 9. The van der Waals surface area contributed by atoms with E-state index in [2.05, 4.69) is 57.8 Å². The largest absolute Gasteiger partial charge is 0.486 e. The third-order valence-corrected chi connectivity index (χ3v) is 5.28. The lowest BCUT2D eigenvalue weighted by Crippen LogP contribution is -2.12. The van der Waals surface area contributed by atoms with Gasteiger partial charge < -0.3 is 13.8 Å². The molecule has 28 heavy (non-hydrogen) atoms. The third-order valence-electron chi connectivity index (χ3n) is 4.21. The van der Waals surface area contributed by atoms with Crippen LogP contribution in [0.5, 0.6) is 5.75 Å². The smallest absolute Gasteiger partial charge is 0.239 e. The number of thioether (sulfide) groups is 1. The van der Waals surface area contributed by atoms with Crippen LogP contribution < -0.4 is 4.74 Å². The second-order valence-corrected chi connectivity index (χ2v) is 8.44. The third kappa shape index (κ3) is 5.13. The van der Waals surface area contributed by atoms with Crippen LogP contribution in [0.25, 0.3) is 0 Å². The van der Waals surface area contributed by atoms with Crippen molar-refractivity contribution in [1.82, 2.24) is 24.9 Å². The highest BCUT2D eigenvalue weighted by atomic mass is 32.2. The van der Waals surface area contributed by atoms with Gasteiger partial charge in [0.15, 0.2) is 16.8 Å². The first-order chi connectivity index (χ1) is 13.5. The number of hydrogen-bond donors (Lipinski definition) is 0. The van der Waals surface area contributed by atoms with Crippen molar-refractivity contribution in [3.8, 4) is 5.75 Å². The molecule has 2 heterocycles. The first kappa shape index (κ1) is 20.4. The molecule has 1 aromatic carbocycles. The highest BCUT2D eigenvalue weighted by Crippen LogP contribution is 2.33. The van der Waals surface area contributed by atoms with Gasteiger partial charge >= 0.3 is 0 Å². The summed E-state index contributed by atoms with van der Waals surface area (Å²) in [7, 11) is 0. The minimum absolute atomic E-state index is 0.00771. The molecule has 0 aliphatic rings. The van der Waals surface area contributed by atoms with Crippen molar-refractivity contribution in [3.05, 3.63) is 47.4 Å². The van der Waals surface area contributed by atoms with Gasteiger partial charge in [-0.2, -0.15) is 4.98 Å². The molecule has 0 radical (unpaired) electrons. The van der Waals surface area contributed by atoms with Gasteiger partial charge in [-0.05, 0) is 43.9 Å². The van der Waals surface area contributed by atoms with E-state index >= 15 is 0 Å². The molecule has 0 bridgehead atoms. The van der Waals surface area contributed by atoms with Crippen molar-refractivity contribution in [2.45, 2.75) is 64.6 Å². The normalized spacial score (nSPS) is 12.5. The maximum absolute atomic E-state index is 5.95. The van der Waals surface area contributed by atoms with E-state index < -0.39 is 0 Å². The maximum Gasteiger partial charge on any atom is 0.239 e. The fourth-order valence-corrected chi connectivity index (χ4v) is 3.63. The number of hydrogen-bond acceptors (Lipinski definition) is 7. The van der Waals surface area contributed by atoms with Gasteiger partial charge in [0.25, 0.3) is 0 Å². The van der Waals surface area contributed by atoms with Gasteiger partial charge in [0.2, 0.25) is 5.89 Å². The molecule has 7 nitrogen and oxygen atoms in total. The number of benzene rings is 1. The van der Waals surface area contributed by atoms with E-state index in [1.165, 1.54) is 5.56 Å². The van der Waals surface area contributed by atoms with Crippen LogP contribution in [0.4, 0.5) is 0 Å². The molecule has 0 spiro atoms. The zero-order valence-corrected chi connectivity index (χ0v) is 17.9. The number of ether oxygens (including phenoxy) is 1. The predicted molar refractivity (Wildman–Crippen MR) is 108 cm³/mol. The predicted octanol–water partition coefficient (Wildman–Crippen LogP) is 4.62. The SMILES string of the molecule is CCc1ccc(OCc2nnc(SC(C)c3nc(C)no3)n2CC(C)C)cc1. The van der Waals surface area contributed by atoms with Crippen LogP contribution in [0.1, 0.15) is 56.0 Å². The van der Waals surface area contributed by atoms with E-state index in [1.54, 1.807) is 11.8 Å². The lowest BCUT2D eigenvalue weighted by molar-refractivity contribution is 0.284. The zero-order chi connectivity index (χ0) is 20.1. The lowest BCUT2D eigenvalue weighted by atomic mass is 10.2. The molecular weight excluding hydrogens is 374 g/mol. The van der Waals surface area contributed by atoms with Gasteiger partial charge in [0, 0.05) is 6.54 Å². The molecule has 0 saturated heterocycles. The van der Waals surface area contributed by atoms with Crippen LogP contribution in [-0.2, 0) is 19.6 Å². The first-order valence-corrected chi connectivity index (χ1v) is 10.4. The van der Waals surface area contributed by atoms with Gasteiger partial charge in [0.1, 0.15) is 12.4 Å². The Balaban J connectivity index is 1.73. The molecule has 0 saturated carbocycles. The van der Waals surface area contributed by atoms with Crippen LogP contribution in [0.15, 0.2) is 33.9 Å². The van der Waals surface area contributed by atoms with E-state index in [-0.39, 0.29) is 5.25 Å². The summed E-state index contributed by atoms with van der Waals surface area (Å²) in [4.78, 5) is 4.31. The highest BCUT2D eigenvalue weighted by Gasteiger charge is 2.21. The molecule has 0 fully saturated rings. The Morgan fingerprint density at radius 3 is 2.50 bits per heavy atom. The molecular formula is C20H27N5O2S. The number of nitrogens with zero attached hydrogens (tertiary/aromatic N) is 5. The monoisotopic (exact) mass is 401 g/mol. The molecule has 1 unspecified atom stereocenters. The van der Waals surface area contributed by atoms with Gasteiger partial charge in [0.05, 0.1) is 5.25 Å². The maximum atomic E-state index is 5.95. The van der Waals surface area contributed by atoms with E-state index in [0.717, 1.165) is 29.7 Å². The van der Waals surface area contributed by atoms with Crippen molar-refractivity contribution in [1.29, 1.82) is 0 Å². The van der Waals surface area contributed by atoms with Crippen LogP contribution in [-0.4, -0.2) is 24.9 Å². The summed E-state index contributed by atoms with van der Waals surface area (Å²) in [6, 6.07) is 8.17. The molecule has 0 N–H and O–H groups in total. The van der Waals surface area contributed by atoms with Crippen molar-refractivity contribution in [2.24, 2.45) is 5.92 Å². The molecule has 0 aliphatic carbocycles. The molecule has 3 rings (SSSR count). The quantitative estimate of drug-likeness (QED) is 0.484. The summed E-state index contributed by atoms with van der Waals surface area (Å²) in [6.45, 7) is 11.5. The fraction of sp³-hybridized carbons (Fsp3) is 0.500. The van der Waals surface area contributed by atoms with Crippen molar-refractivity contribution in [3.63, 3.8) is 0 Å². The summed E-state index contributed by atoms with van der Waals surface area (Å²) in [6.07, 6.45) is 1.02. The molecule has 0 aliphatic heterocycles. The molecule has 8 heteroatoms. The summed E-state index contributed by atoms with van der Waals surface area (Å²) in [5.41, 5.74) is 1.29. The average Bonchev–Trinajstić information content (AvgIpc) is 3.27. The lowest BCUT2D eigenvalue weighted by Gasteiger charge is -2.14. The summed E-state index contributed by atoms with van der Waals surface area (Å²) >= 11 is 1.56. The van der Waals surface area contributed by atoms with Crippen molar-refractivity contribution >= 4 is 11.8 Å². The average molecular weight is 402 g/mol. The van der Waals surface area contributed by atoms with Crippen molar-refractivity contribution in [2.75, 3.05) is 0 Å². The Morgan fingerprint density at radius 2 is 1.89 bits per heavy atom. The van der Waals surface area contributed by atoms with Gasteiger partial charge in [-0.15, -0.1) is 10.2 Å². The van der Waals surface area contributed by atoms with Crippen molar-refractivity contribution < 1.29 is 9.26 Å². The Kier molecular flexibility index (Phi) is 6.72. The topological polar surface area (TPSA) is 78.9 Å². The minimum atomic E-state index is -0.00771. The molecule has 2 aromatic heterocycles. The number of aromatic nitrogens is 5. The zero-order valence-electron chi connectivity index (χ0n) is 17.0. The van der Waals surface area contributed by atoms with Gasteiger partial charge in [-0.25, -0.2) is 0 Å². The van der Waals surface area contributed by atoms with E-state index in [1.807, 2.05) is 26.0 Å². The summed E-state index contributed by atoms with van der Waals surface area (Å²) < 4.78 is 13.4. The highest BCUT2D eigenvalue weighted by molar-refractivity contribution is 7.99. The Bertz CT molecular complexity index is 888. The Morgan fingerprint density at radius 1 is 1.14 bits per heavy atom. The molecule has 3 aromatic rings. The summed E-state index contributed by atoms with van der Waals surface area (Å²) in [5, 5.41) is 13.4. The minimum Gasteiger partial charge on any atom is -0.486 e. The van der Waals surface area contributed by atoms with Crippen LogP contribution >= 0.6 is 11.8 Å². The second-order valence-electron chi connectivity index (χ2n) is 7.13. The van der Waals surface area contributed by atoms with Gasteiger partial charge in [-0.1, -0.05) is 49.8 Å². The Labute approximate surface area is 169 Å². The Hall–Kier alpha value is -2.35. The van der Waals surface area contributed by atoms with Crippen LogP contribution in [0.3, 0.4) is 0 Å².